The fraction of sp³-hybridized carbons (Fsp3) is 0.222. The predicted molar refractivity (Wildman–Crippen MR) is 84.5 cm³/mol. The van der Waals surface area contributed by atoms with Gasteiger partial charge in [-0.2, -0.15) is 5.26 Å². The lowest BCUT2D eigenvalue weighted by atomic mass is 9.88. The minimum atomic E-state index is -0.988. The van der Waals surface area contributed by atoms with Crippen LogP contribution in [0.4, 0.5) is 5.69 Å². The van der Waals surface area contributed by atoms with Gasteiger partial charge in [0.05, 0.1) is 6.07 Å². The van der Waals surface area contributed by atoms with Gasteiger partial charge in [0, 0.05) is 5.69 Å². The Kier molecular flexibility index (Phi) is 4.39. The van der Waals surface area contributed by atoms with Crippen LogP contribution in [0.3, 0.4) is 0 Å². The minimum Gasteiger partial charge on any atom is -0.325 e. The van der Waals surface area contributed by atoms with Gasteiger partial charge < -0.3 is 5.32 Å². The maximum absolute atomic E-state index is 12.1. The van der Waals surface area contributed by atoms with Crippen molar-refractivity contribution < 1.29 is 4.79 Å². The molecule has 0 saturated carbocycles. The molecule has 0 spiro atoms. The van der Waals surface area contributed by atoms with Gasteiger partial charge in [0.25, 0.3) is 0 Å². The monoisotopic (exact) mass is 278 g/mol. The van der Waals surface area contributed by atoms with Crippen molar-refractivity contribution in [1.29, 1.82) is 5.26 Å². The summed E-state index contributed by atoms with van der Waals surface area (Å²) in [5, 5.41) is 11.9. The molecule has 21 heavy (non-hydrogen) atoms. The molecule has 0 bridgehead atoms. The number of anilines is 1. The van der Waals surface area contributed by atoms with Crippen molar-refractivity contribution in [3.8, 4) is 17.2 Å². The molecule has 1 amide bonds. The highest BCUT2D eigenvalue weighted by Gasteiger charge is 2.31. The standard InChI is InChI=1S/C18H18N2O/c1-3-18(2,13-19)17(21)20-16-11-9-15(10-12-16)14-7-5-4-6-8-14/h4-12H,3H2,1-2H3,(H,20,21). The number of hydrogen-bond donors (Lipinski definition) is 1. The van der Waals surface area contributed by atoms with E-state index < -0.39 is 5.41 Å². The van der Waals surface area contributed by atoms with Gasteiger partial charge in [-0.05, 0) is 36.6 Å². The maximum atomic E-state index is 12.1. The smallest absolute Gasteiger partial charge is 0.244 e. The van der Waals surface area contributed by atoms with Gasteiger partial charge in [-0.15, -0.1) is 0 Å². The second-order valence-corrected chi connectivity index (χ2v) is 5.19. The van der Waals surface area contributed by atoms with Crippen LogP contribution < -0.4 is 5.32 Å². The van der Waals surface area contributed by atoms with E-state index in [9.17, 15) is 4.79 Å². The van der Waals surface area contributed by atoms with Crippen LogP contribution in [0, 0.1) is 16.7 Å². The SMILES string of the molecule is CCC(C)(C#N)C(=O)Nc1ccc(-c2ccccc2)cc1. The second-order valence-electron chi connectivity index (χ2n) is 5.19. The molecular formula is C18H18N2O. The average molecular weight is 278 g/mol. The van der Waals surface area contributed by atoms with E-state index in [4.69, 9.17) is 5.26 Å². The number of rotatable bonds is 4. The second kappa shape index (κ2) is 6.23. The predicted octanol–water partition coefficient (Wildman–Crippen LogP) is 4.23. The third-order valence-corrected chi connectivity index (χ3v) is 3.70. The molecule has 1 atom stereocenters. The molecule has 1 unspecified atom stereocenters. The van der Waals surface area contributed by atoms with Crippen LogP contribution in [0.1, 0.15) is 20.3 Å². The van der Waals surface area contributed by atoms with E-state index in [0.717, 1.165) is 11.1 Å². The molecular weight excluding hydrogens is 260 g/mol. The summed E-state index contributed by atoms with van der Waals surface area (Å²) in [6.07, 6.45) is 0.484. The lowest BCUT2D eigenvalue weighted by Crippen LogP contribution is -2.31. The van der Waals surface area contributed by atoms with Gasteiger partial charge >= 0.3 is 0 Å². The first-order valence-electron chi connectivity index (χ1n) is 6.97. The first-order chi connectivity index (χ1) is 10.1. The largest absolute Gasteiger partial charge is 0.325 e. The highest BCUT2D eigenvalue weighted by atomic mass is 16.2. The van der Waals surface area contributed by atoms with Crippen LogP contribution in [0.25, 0.3) is 11.1 Å². The molecule has 0 radical (unpaired) electrons. The Hall–Kier alpha value is -2.60. The minimum absolute atomic E-state index is 0.264. The number of hydrogen-bond acceptors (Lipinski definition) is 2. The normalized spacial score (nSPS) is 13.0. The van der Waals surface area contributed by atoms with Crippen LogP contribution in [-0.2, 0) is 4.79 Å². The fourth-order valence-electron chi connectivity index (χ4n) is 1.94. The molecule has 0 aromatic heterocycles. The molecule has 1 N–H and O–H groups in total. The highest BCUT2D eigenvalue weighted by Crippen LogP contribution is 2.24. The first kappa shape index (κ1) is 14.8. The summed E-state index contributed by atoms with van der Waals surface area (Å²) < 4.78 is 0. The van der Waals surface area contributed by atoms with Gasteiger partial charge in [-0.25, -0.2) is 0 Å². The van der Waals surface area contributed by atoms with E-state index in [0.29, 0.717) is 12.1 Å². The summed E-state index contributed by atoms with van der Waals surface area (Å²) in [7, 11) is 0. The Morgan fingerprint density at radius 3 is 2.19 bits per heavy atom. The van der Waals surface area contributed by atoms with Crippen molar-refractivity contribution in [3.05, 3.63) is 54.6 Å². The zero-order chi connectivity index (χ0) is 15.3. The Labute approximate surface area is 125 Å². The van der Waals surface area contributed by atoms with Gasteiger partial charge in [-0.3, -0.25) is 4.79 Å². The van der Waals surface area contributed by atoms with Crippen LogP contribution >= 0.6 is 0 Å². The molecule has 106 valence electrons. The third kappa shape index (κ3) is 3.29. The number of nitrogens with one attached hydrogen (secondary N) is 1. The molecule has 0 saturated heterocycles. The zero-order valence-electron chi connectivity index (χ0n) is 12.3. The number of carbonyl (C=O) groups excluding carboxylic acids is 1. The quantitative estimate of drug-likeness (QED) is 0.909. The number of amides is 1. The van der Waals surface area contributed by atoms with Crippen LogP contribution in [-0.4, -0.2) is 5.91 Å². The first-order valence-corrected chi connectivity index (χ1v) is 6.97. The molecule has 0 aliphatic carbocycles. The summed E-state index contributed by atoms with van der Waals surface area (Å²) in [5.41, 5.74) is 1.94. The summed E-state index contributed by atoms with van der Waals surface area (Å²) in [5.74, 6) is -0.264. The summed E-state index contributed by atoms with van der Waals surface area (Å²) in [4.78, 5) is 12.1. The van der Waals surface area contributed by atoms with Crippen molar-refractivity contribution in [3.63, 3.8) is 0 Å². The summed E-state index contributed by atoms with van der Waals surface area (Å²) in [6, 6.07) is 19.7. The Balaban J connectivity index is 2.14. The van der Waals surface area contributed by atoms with Gasteiger partial charge in [0.2, 0.25) is 5.91 Å². The molecule has 0 heterocycles. The molecule has 0 aliphatic heterocycles. The molecule has 0 aliphatic rings. The zero-order valence-corrected chi connectivity index (χ0v) is 12.3. The van der Waals surface area contributed by atoms with Crippen molar-refractivity contribution in [2.75, 3.05) is 5.32 Å². The summed E-state index contributed by atoms with van der Waals surface area (Å²) >= 11 is 0. The van der Waals surface area contributed by atoms with Crippen molar-refractivity contribution in [1.82, 2.24) is 0 Å². The molecule has 2 aromatic rings. The number of nitriles is 1. The fourth-order valence-corrected chi connectivity index (χ4v) is 1.94. The Morgan fingerprint density at radius 2 is 1.67 bits per heavy atom. The van der Waals surface area contributed by atoms with E-state index in [2.05, 4.69) is 11.4 Å². The Morgan fingerprint density at radius 1 is 1.10 bits per heavy atom. The van der Waals surface area contributed by atoms with E-state index in [1.165, 1.54) is 0 Å². The molecule has 2 aromatic carbocycles. The third-order valence-electron chi connectivity index (χ3n) is 3.70. The van der Waals surface area contributed by atoms with E-state index in [1.807, 2.05) is 61.5 Å². The van der Waals surface area contributed by atoms with Gasteiger partial charge in [0.15, 0.2) is 0 Å². The topological polar surface area (TPSA) is 52.9 Å². The van der Waals surface area contributed by atoms with Crippen LogP contribution in [0.2, 0.25) is 0 Å². The number of carbonyl (C=O) groups is 1. The number of benzene rings is 2. The van der Waals surface area contributed by atoms with E-state index >= 15 is 0 Å². The van der Waals surface area contributed by atoms with Crippen LogP contribution in [0.15, 0.2) is 54.6 Å². The van der Waals surface area contributed by atoms with Crippen molar-refractivity contribution >= 4 is 11.6 Å². The molecule has 3 heteroatoms. The molecule has 0 fully saturated rings. The molecule has 3 nitrogen and oxygen atoms in total. The average Bonchev–Trinajstić information content (AvgIpc) is 2.55. The van der Waals surface area contributed by atoms with Gasteiger partial charge in [0.1, 0.15) is 5.41 Å². The summed E-state index contributed by atoms with van der Waals surface area (Å²) in [6.45, 7) is 3.49. The lowest BCUT2D eigenvalue weighted by Gasteiger charge is -2.18. The van der Waals surface area contributed by atoms with Gasteiger partial charge in [-0.1, -0.05) is 49.4 Å². The Bertz CT molecular complexity index is 656. The van der Waals surface area contributed by atoms with E-state index in [-0.39, 0.29) is 5.91 Å². The highest BCUT2D eigenvalue weighted by molar-refractivity contribution is 5.97. The van der Waals surface area contributed by atoms with Crippen LogP contribution in [0.5, 0.6) is 0 Å². The lowest BCUT2D eigenvalue weighted by molar-refractivity contribution is -0.122. The van der Waals surface area contributed by atoms with E-state index in [1.54, 1.807) is 6.92 Å². The van der Waals surface area contributed by atoms with Crippen molar-refractivity contribution in [2.45, 2.75) is 20.3 Å². The number of nitrogens with zero attached hydrogens (tertiary/aromatic N) is 1. The molecule has 2 rings (SSSR count). The maximum Gasteiger partial charge on any atom is 0.244 e. The van der Waals surface area contributed by atoms with Crippen molar-refractivity contribution in [2.24, 2.45) is 5.41 Å².